The summed E-state index contributed by atoms with van der Waals surface area (Å²) in [6.45, 7) is 1.98. The van der Waals surface area contributed by atoms with Gasteiger partial charge in [0.15, 0.2) is 6.61 Å². The van der Waals surface area contributed by atoms with Gasteiger partial charge < -0.3 is 14.8 Å². The second kappa shape index (κ2) is 7.33. The van der Waals surface area contributed by atoms with E-state index in [4.69, 9.17) is 16.3 Å². The summed E-state index contributed by atoms with van der Waals surface area (Å²) in [5.41, 5.74) is 2.12. The average Bonchev–Trinajstić information content (AvgIpc) is 2.93. The lowest BCUT2D eigenvalue weighted by atomic mass is 10.1. The molecule has 0 saturated heterocycles. The van der Waals surface area contributed by atoms with Gasteiger partial charge in [0.05, 0.1) is 11.4 Å². The van der Waals surface area contributed by atoms with Crippen molar-refractivity contribution in [1.29, 1.82) is 0 Å². The Bertz CT molecular complexity index is 597. The summed E-state index contributed by atoms with van der Waals surface area (Å²) in [7, 11) is 1.33. The molecule has 1 unspecified atom stereocenters. The maximum absolute atomic E-state index is 11.0. The molecule has 4 nitrogen and oxygen atoms in total. The second-order valence-electron chi connectivity index (χ2n) is 4.44. The van der Waals surface area contributed by atoms with Gasteiger partial charge in [-0.2, -0.15) is 0 Å². The number of hydrogen-bond donors (Lipinski definition) is 1. The number of carbonyl (C=O) groups excluding carboxylic acids is 1. The third-order valence-corrected chi connectivity index (χ3v) is 4.02. The fourth-order valence-corrected chi connectivity index (χ4v) is 2.72. The number of rotatable bonds is 6. The minimum Gasteiger partial charge on any atom is -0.482 e. The third-order valence-electron chi connectivity index (χ3n) is 2.91. The first-order chi connectivity index (χ1) is 10.1. The Hall–Kier alpha value is -1.72. The Labute approximate surface area is 132 Å². The molecule has 6 heteroatoms. The van der Waals surface area contributed by atoms with E-state index in [0.29, 0.717) is 5.75 Å². The van der Waals surface area contributed by atoms with Crippen LogP contribution in [0.1, 0.15) is 18.5 Å². The van der Waals surface area contributed by atoms with E-state index in [1.807, 2.05) is 23.6 Å². The van der Waals surface area contributed by atoms with Gasteiger partial charge in [-0.15, -0.1) is 11.3 Å². The molecule has 0 amide bonds. The van der Waals surface area contributed by atoms with Gasteiger partial charge in [-0.3, -0.25) is 0 Å². The number of methoxy groups -OCH3 is 1. The molecule has 1 N–H and O–H groups in total. The summed E-state index contributed by atoms with van der Waals surface area (Å²) < 4.78 is 10.6. The number of anilines is 1. The van der Waals surface area contributed by atoms with Gasteiger partial charge in [0, 0.05) is 11.7 Å². The molecule has 0 spiro atoms. The van der Waals surface area contributed by atoms with Crippen molar-refractivity contribution in [3.05, 3.63) is 45.6 Å². The lowest BCUT2D eigenvalue weighted by Crippen LogP contribution is -2.12. The Morgan fingerprint density at radius 3 is 2.67 bits per heavy atom. The monoisotopic (exact) mass is 325 g/mol. The minimum absolute atomic E-state index is 0.0902. The highest BCUT2D eigenvalue weighted by atomic mass is 35.5. The summed E-state index contributed by atoms with van der Waals surface area (Å²) in [6.07, 6.45) is 0. The first-order valence-electron chi connectivity index (χ1n) is 6.38. The van der Waals surface area contributed by atoms with E-state index in [0.717, 1.165) is 15.6 Å². The molecule has 2 rings (SSSR count). The Kier molecular flexibility index (Phi) is 5.47. The second-order valence-corrected chi connectivity index (χ2v) is 5.98. The smallest absolute Gasteiger partial charge is 0.343 e. The fraction of sp³-hybridized carbons (Fsp3) is 0.267. The topological polar surface area (TPSA) is 47.6 Å². The molecule has 0 bridgehead atoms. The zero-order chi connectivity index (χ0) is 15.2. The fourth-order valence-electron chi connectivity index (χ4n) is 1.73. The molecule has 1 heterocycles. The van der Waals surface area contributed by atoms with Gasteiger partial charge in [-0.1, -0.05) is 11.6 Å². The molecule has 1 atom stereocenters. The Morgan fingerprint density at radius 2 is 2.10 bits per heavy atom. The van der Waals surface area contributed by atoms with Crippen molar-refractivity contribution in [2.75, 3.05) is 19.0 Å². The largest absolute Gasteiger partial charge is 0.482 e. The third kappa shape index (κ3) is 4.65. The summed E-state index contributed by atoms with van der Waals surface area (Å²) in [6, 6.07) is 9.53. The number of benzene rings is 1. The SMILES string of the molecule is COC(=O)COc1ccc(NC(C)c2csc(Cl)c2)cc1. The molecule has 0 fully saturated rings. The van der Waals surface area contributed by atoms with Crippen molar-refractivity contribution >= 4 is 34.6 Å². The summed E-state index contributed by atoms with van der Waals surface area (Å²) in [5, 5.41) is 5.41. The standard InChI is InChI=1S/C15H16ClNO3S/c1-10(11-7-14(16)21-9-11)17-12-3-5-13(6-4-12)20-8-15(18)19-2/h3-7,9-10,17H,8H2,1-2H3. The van der Waals surface area contributed by atoms with E-state index < -0.39 is 5.97 Å². The van der Waals surface area contributed by atoms with Gasteiger partial charge >= 0.3 is 5.97 Å². The van der Waals surface area contributed by atoms with Crippen molar-refractivity contribution < 1.29 is 14.3 Å². The van der Waals surface area contributed by atoms with Crippen LogP contribution in [0.3, 0.4) is 0 Å². The van der Waals surface area contributed by atoms with Crippen molar-refractivity contribution in [2.45, 2.75) is 13.0 Å². The van der Waals surface area contributed by atoms with Crippen LogP contribution in [0.15, 0.2) is 35.7 Å². The molecule has 2 aromatic rings. The highest BCUT2D eigenvalue weighted by molar-refractivity contribution is 7.14. The molecule has 0 aliphatic heterocycles. The average molecular weight is 326 g/mol. The van der Waals surface area contributed by atoms with Gasteiger partial charge in [-0.25, -0.2) is 4.79 Å². The highest BCUT2D eigenvalue weighted by Gasteiger charge is 2.08. The van der Waals surface area contributed by atoms with Crippen molar-refractivity contribution in [2.24, 2.45) is 0 Å². The Balaban J connectivity index is 1.91. The zero-order valence-electron chi connectivity index (χ0n) is 11.8. The van der Waals surface area contributed by atoms with Gasteiger partial charge in [0.2, 0.25) is 0 Å². The van der Waals surface area contributed by atoms with Crippen LogP contribution in [0.2, 0.25) is 4.34 Å². The van der Waals surface area contributed by atoms with E-state index in [1.54, 1.807) is 12.1 Å². The summed E-state index contributed by atoms with van der Waals surface area (Å²) in [5.74, 6) is 0.220. The van der Waals surface area contributed by atoms with E-state index in [1.165, 1.54) is 18.4 Å². The molecule has 112 valence electrons. The van der Waals surface area contributed by atoms with Gasteiger partial charge in [-0.05, 0) is 48.2 Å². The zero-order valence-corrected chi connectivity index (χ0v) is 13.3. The number of halogens is 1. The predicted octanol–water partition coefficient (Wildman–Crippen LogP) is 4.13. The predicted molar refractivity (Wildman–Crippen MR) is 85.3 cm³/mol. The maximum Gasteiger partial charge on any atom is 0.343 e. The van der Waals surface area contributed by atoms with Crippen LogP contribution in [0, 0.1) is 0 Å². The van der Waals surface area contributed by atoms with Crippen molar-refractivity contribution in [1.82, 2.24) is 0 Å². The minimum atomic E-state index is -0.403. The molecule has 21 heavy (non-hydrogen) atoms. The molecular formula is C15H16ClNO3S. The summed E-state index contributed by atoms with van der Waals surface area (Å²) in [4.78, 5) is 11.0. The number of ether oxygens (including phenoxy) is 2. The van der Waals surface area contributed by atoms with Gasteiger partial charge in [0.1, 0.15) is 5.75 Å². The number of esters is 1. The van der Waals surface area contributed by atoms with Crippen LogP contribution in [0.5, 0.6) is 5.75 Å². The lowest BCUT2D eigenvalue weighted by molar-refractivity contribution is -0.142. The van der Waals surface area contributed by atoms with Crippen LogP contribution < -0.4 is 10.1 Å². The van der Waals surface area contributed by atoms with Crippen LogP contribution >= 0.6 is 22.9 Å². The number of hydrogen-bond acceptors (Lipinski definition) is 5. The Morgan fingerprint density at radius 1 is 1.38 bits per heavy atom. The molecular weight excluding hydrogens is 310 g/mol. The molecule has 0 aliphatic rings. The lowest BCUT2D eigenvalue weighted by Gasteiger charge is -2.14. The molecule has 0 radical (unpaired) electrons. The number of nitrogens with one attached hydrogen (secondary N) is 1. The van der Waals surface area contributed by atoms with E-state index in [-0.39, 0.29) is 12.6 Å². The van der Waals surface area contributed by atoms with Crippen molar-refractivity contribution in [3.63, 3.8) is 0 Å². The van der Waals surface area contributed by atoms with E-state index in [2.05, 4.69) is 17.0 Å². The molecule has 0 aliphatic carbocycles. The van der Waals surface area contributed by atoms with Crippen LogP contribution in [0.25, 0.3) is 0 Å². The first-order valence-corrected chi connectivity index (χ1v) is 7.64. The molecule has 1 aromatic heterocycles. The molecule has 0 saturated carbocycles. The highest BCUT2D eigenvalue weighted by Crippen LogP contribution is 2.27. The maximum atomic E-state index is 11.0. The van der Waals surface area contributed by atoms with Gasteiger partial charge in [0.25, 0.3) is 0 Å². The van der Waals surface area contributed by atoms with Crippen LogP contribution in [0.4, 0.5) is 5.69 Å². The number of thiophene rings is 1. The summed E-state index contributed by atoms with van der Waals surface area (Å²) >= 11 is 7.46. The van der Waals surface area contributed by atoms with Crippen molar-refractivity contribution in [3.8, 4) is 5.75 Å². The number of carbonyl (C=O) groups is 1. The first kappa shape index (κ1) is 15.7. The normalized spacial score (nSPS) is 11.8. The van der Waals surface area contributed by atoms with E-state index in [9.17, 15) is 4.79 Å². The van der Waals surface area contributed by atoms with Crippen LogP contribution in [-0.2, 0) is 9.53 Å². The van der Waals surface area contributed by atoms with E-state index >= 15 is 0 Å². The molecule has 1 aromatic carbocycles. The quantitative estimate of drug-likeness (QED) is 0.811. The van der Waals surface area contributed by atoms with Crippen LogP contribution in [-0.4, -0.2) is 19.7 Å².